The molecule has 2 heterocycles. The second kappa shape index (κ2) is 5.50. The van der Waals surface area contributed by atoms with E-state index >= 15 is 0 Å². The first-order valence-electron chi connectivity index (χ1n) is 5.86. The van der Waals surface area contributed by atoms with Crippen LogP contribution in [0.3, 0.4) is 0 Å². The molecular weight excluding hydrogens is 228 g/mol. The number of aromatic amines is 1. The van der Waals surface area contributed by atoms with E-state index in [1.54, 1.807) is 6.33 Å². The van der Waals surface area contributed by atoms with Gasteiger partial charge in [0.2, 0.25) is 0 Å². The summed E-state index contributed by atoms with van der Waals surface area (Å²) in [5, 5.41) is 3.22. The van der Waals surface area contributed by atoms with Crippen LogP contribution in [0, 0.1) is 0 Å². The first-order chi connectivity index (χ1) is 8.70. The van der Waals surface area contributed by atoms with Crippen LogP contribution in [-0.4, -0.2) is 34.6 Å². The molecule has 0 aliphatic heterocycles. The Morgan fingerprint density at radius 3 is 3.00 bits per heavy atom. The molecule has 0 aliphatic carbocycles. The molecule has 0 amide bonds. The van der Waals surface area contributed by atoms with Gasteiger partial charge in [0.15, 0.2) is 0 Å². The van der Waals surface area contributed by atoms with Crippen LogP contribution in [0.5, 0.6) is 0 Å². The molecule has 0 aliphatic rings. The highest BCUT2D eigenvalue weighted by Gasteiger charge is 2.08. The Morgan fingerprint density at radius 2 is 2.33 bits per heavy atom. The molecule has 0 spiro atoms. The van der Waals surface area contributed by atoms with Crippen LogP contribution in [-0.2, 0) is 0 Å². The van der Waals surface area contributed by atoms with Crippen LogP contribution in [0.2, 0.25) is 0 Å². The van der Waals surface area contributed by atoms with Gasteiger partial charge in [0.1, 0.15) is 23.8 Å². The van der Waals surface area contributed by atoms with Gasteiger partial charge in [0.05, 0.1) is 0 Å². The van der Waals surface area contributed by atoms with E-state index in [-0.39, 0.29) is 6.04 Å². The minimum absolute atomic E-state index is 0.184. The normalized spacial score (nSPS) is 12.2. The van der Waals surface area contributed by atoms with Gasteiger partial charge in [-0.2, -0.15) is 0 Å². The second-order valence-electron chi connectivity index (χ2n) is 4.16. The smallest absolute Gasteiger partial charge is 0.139 e. The van der Waals surface area contributed by atoms with E-state index in [1.165, 1.54) is 0 Å². The highest BCUT2D eigenvalue weighted by atomic mass is 15.2. The van der Waals surface area contributed by atoms with E-state index in [0.717, 1.165) is 17.5 Å². The van der Waals surface area contributed by atoms with Crippen LogP contribution >= 0.6 is 0 Å². The molecule has 1 unspecified atom stereocenters. The number of rotatable bonds is 5. The average molecular weight is 246 g/mol. The third-order valence-corrected chi connectivity index (χ3v) is 2.69. The lowest BCUT2D eigenvalue weighted by atomic mass is 10.3. The Hall–Kier alpha value is -2.08. The van der Waals surface area contributed by atoms with Gasteiger partial charge in [-0.25, -0.2) is 9.97 Å². The number of anilines is 3. The Labute approximate surface area is 106 Å². The third kappa shape index (κ3) is 2.78. The van der Waals surface area contributed by atoms with Crippen LogP contribution in [0.1, 0.15) is 6.92 Å². The summed E-state index contributed by atoms with van der Waals surface area (Å²) in [6.07, 6.45) is 3.42. The maximum atomic E-state index is 5.57. The molecule has 4 N–H and O–H groups in total. The number of nitrogens with zero attached hydrogens (tertiary/aromatic N) is 3. The van der Waals surface area contributed by atoms with Crippen molar-refractivity contribution in [1.82, 2.24) is 15.0 Å². The van der Waals surface area contributed by atoms with Crippen LogP contribution < -0.4 is 16.0 Å². The molecule has 0 fully saturated rings. The summed E-state index contributed by atoms with van der Waals surface area (Å²) < 4.78 is 0. The van der Waals surface area contributed by atoms with Crippen molar-refractivity contribution in [1.29, 1.82) is 0 Å². The van der Waals surface area contributed by atoms with Gasteiger partial charge in [0.25, 0.3) is 0 Å². The van der Waals surface area contributed by atoms with Crippen molar-refractivity contribution >= 4 is 17.5 Å². The van der Waals surface area contributed by atoms with E-state index < -0.39 is 0 Å². The standard InChI is InChI=1S/C12H18N6/c1-9(7-13)17-10-6-12(16-8-15-10)18(2)11-4-3-5-14-11/h3-6,8-9,14H,7,13H2,1-2H3,(H,15,16,17). The topological polar surface area (TPSA) is 82.9 Å². The third-order valence-electron chi connectivity index (χ3n) is 2.69. The quantitative estimate of drug-likeness (QED) is 0.741. The van der Waals surface area contributed by atoms with Crippen molar-refractivity contribution in [3.05, 3.63) is 30.7 Å². The predicted octanol–water partition coefficient (Wildman–Crippen LogP) is 1.33. The minimum atomic E-state index is 0.184. The van der Waals surface area contributed by atoms with E-state index in [2.05, 4.69) is 20.3 Å². The van der Waals surface area contributed by atoms with Crippen molar-refractivity contribution in [3.63, 3.8) is 0 Å². The molecule has 1 atom stereocenters. The first kappa shape index (κ1) is 12.4. The molecule has 0 saturated heterocycles. The van der Waals surface area contributed by atoms with Crippen molar-refractivity contribution in [2.24, 2.45) is 5.73 Å². The molecular formula is C12H18N6. The van der Waals surface area contributed by atoms with E-state index in [1.807, 2.05) is 43.3 Å². The van der Waals surface area contributed by atoms with Gasteiger partial charge in [-0.3, -0.25) is 0 Å². The monoisotopic (exact) mass is 246 g/mol. The summed E-state index contributed by atoms with van der Waals surface area (Å²) in [6, 6.07) is 6.01. The Balaban J connectivity index is 2.16. The average Bonchev–Trinajstić information content (AvgIpc) is 2.92. The molecule has 6 nitrogen and oxygen atoms in total. The molecule has 0 aromatic carbocycles. The van der Waals surface area contributed by atoms with E-state index in [9.17, 15) is 0 Å². The minimum Gasteiger partial charge on any atom is -0.366 e. The van der Waals surface area contributed by atoms with E-state index in [4.69, 9.17) is 5.73 Å². The van der Waals surface area contributed by atoms with Gasteiger partial charge in [-0.15, -0.1) is 0 Å². The molecule has 96 valence electrons. The fraction of sp³-hybridized carbons (Fsp3) is 0.333. The predicted molar refractivity (Wildman–Crippen MR) is 73.0 cm³/mol. The molecule has 2 aromatic rings. The highest BCUT2D eigenvalue weighted by molar-refractivity contribution is 5.58. The van der Waals surface area contributed by atoms with Gasteiger partial charge in [0, 0.05) is 31.9 Å². The zero-order valence-corrected chi connectivity index (χ0v) is 10.6. The Morgan fingerprint density at radius 1 is 1.50 bits per heavy atom. The molecule has 18 heavy (non-hydrogen) atoms. The fourth-order valence-electron chi connectivity index (χ4n) is 1.57. The van der Waals surface area contributed by atoms with Crippen molar-refractivity contribution in [2.75, 3.05) is 23.8 Å². The largest absolute Gasteiger partial charge is 0.366 e. The summed E-state index contributed by atoms with van der Waals surface area (Å²) in [6.45, 7) is 2.57. The first-order valence-corrected chi connectivity index (χ1v) is 5.86. The zero-order valence-electron chi connectivity index (χ0n) is 10.6. The highest BCUT2D eigenvalue weighted by Crippen LogP contribution is 2.20. The lowest BCUT2D eigenvalue weighted by molar-refractivity contribution is 0.797. The van der Waals surface area contributed by atoms with Crippen molar-refractivity contribution in [2.45, 2.75) is 13.0 Å². The molecule has 0 radical (unpaired) electrons. The zero-order chi connectivity index (χ0) is 13.0. The number of H-pyrrole nitrogens is 1. The molecule has 2 rings (SSSR count). The molecule has 0 saturated carbocycles. The van der Waals surface area contributed by atoms with Gasteiger partial charge in [-0.05, 0) is 19.1 Å². The molecule has 2 aromatic heterocycles. The van der Waals surface area contributed by atoms with Crippen LogP contribution in [0.15, 0.2) is 30.7 Å². The SMILES string of the molecule is CC(CN)Nc1cc(N(C)c2ccc[nH]2)ncn1. The Bertz CT molecular complexity index is 481. The molecule has 6 heteroatoms. The molecule has 0 bridgehead atoms. The number of nitrogens with one attached hydrogen (secondary N) is 2. The maximum Gasteiger partial charge on any atom is 0.139 e. The number of nitrogens with two attached hydrogens (primary N) is 1. The number of hydrogen-bond acceptors (Lipinski definition) is 5. The number of aromatic nitrogens is 3. The van der Waals surface area contributed by atoms with E-state index in [0.29, 0.717) is 6.54 Å². The summed E-state index contributed by atoms with van der Waals surface area (Å²) in [4.78, 5) is 13.5. The summed E-state index contributed by atoms with van der Waals surface area (Å²) >= 11 is 0. The lowest BCUT2D eigenvalue weighted by Crippen LogP contribution is -2.25. The van der Waals surface area contributed by atoms with Crippen LogP contribution in [0.4, 0.5) is 17.5 Å². The van der Waals surface area contributed by atoms with Crippen molar-refractivity contribution < 1.29 is 0 Å². The van der Waals surface area contributed by atoms with Crippen molar-refractivity contribution in [3.8, 4) is 0 Å². The maximum absolute atomic E-state index is 5.57. The summed E-state index contributed by atoms with van der Waals surface area (Å²) in [5.41, 5.74) is 5.57. The van der Waals surface area contributed by atoms with Crippen LogP contribution in [0.25, 0.3) is 0 Å². The van der Waals surface area contributed by atoms with Gasteiger partial charge in [-0.1, -0.05) is 0 Å². The van der Waals surface area contributed by atoms with Gasteiger partial charge >= 0.3 is 0 Å². The lowest BCUT2D eigenvalue weighted by Gasteiger charge is -2.18. The fourth-order valence-corrected chi connectivity index (χ4v) is 1.57. The summed E-state index contributed by atoms with van der Waals surface area (Å²) in [7, 11) is 1.95. The number of hydrogen-bond donors (Lipinski definition) is 3. The summed E-state index contributed by atoms with van der Waals surface area (Å²) in [5.74, 6) is 2.57. The second-order valence-corrected chi connectivity index (χ2v) is 4.16. The Kier molecular flexibility index (Phi) is 3.78. The van der Waals surface area contributed by atoms with Gasteiger partial charge < -0.3 is 20.9 Å².